The summed E-state index contributed by atoms with van der Waals surface area (Å²) in [5, 5.41) is 12.7. The van der Waals surface area contributed by atoms with E-state index in [-0.39, 0.29) is 5.91 Å². The first-order valence-electron chi connectivity index (χ1n) is 9.90. The molecule has 0 aliphatic rings. The van der Waals surface area contributed by atoms with Crippen LogP contribution in [-0.4, -0.2) is 42.5 Å². The Kier molecular flexibility index (Phi) is 4.83. The molecule has 1 amide bonds. The maximum atomic E-state index is 12.8. The number of methoxy groups -OCH3 is 1. The van der Waals surface area contributed by atoms with Crippen LogP contribution in [0.1, 0.15) is 16.1 Å². The molecule has 3 heterocycles. The Hall–Kier alpha value is -4.53. The minimum Gasteiger partial charge on any atom is -0.497 e. The van der Waals surface area contributed by atoms with Gasteiger partial charge in [0.1, 0.15) is 17.9 Å². The molecular formula is C23H19N7O2. The summed E-state index contributed by atoms with van der Waals surface area (Å²) in [6.07, 6.45) is 3.16. The predicted octanol–water partition coefficient (Wildman–Crippen LogP) is 3.57. The van der Waals surface area contributed by atoms with Crippen molar-refractivity contribution >= 4 is 22.8 Å². The van der Waals surface area contributed by atoms with E-state index >= 15 is 0 Å². The van der Waals surface area contributed by atoms with Crippen LogP contribution >= 0.6 is 0 Å². The lowest BCUT2D eigenvalue weighted by atomic mass is 10.2. The highest BCUT2D eigenvalue weighted by Gasteiger charge is 2.18. The van der Waals surface area contributed by atoms with Crippen molar-refractivity contribution in [2.24, 2.45) is 0 Å². The first kappa shape index (κ1) is 19.4. The van der Waals surface area contributed by atoms with Gasteiger partial charge in [0.05, 0.1) is 30.1 Å². The Morgan fingerprint density at radius 3 is 2.53 bits per heavy atom. The third kappa shape index (κ3) is 3.45. The second-order valence-corrected chi connectivity index (χ2v) is 7.09. The zero-order valence-electron chi connectivity index (χ0n) is 17.4. The van der Waals surface area contributed by atoms with E-state index in [1.54, 1.807) is 53.0 Å². The van der Waals surface area contributed by atoms with Gasteiger partial charge in [-0.15, -0.1) is 0 Å². The fraction of sp³-hybridized carbons (Fsp3) is 0.0870. The maximum absolute atomic E-state index is 12.8. The van der Waals surface area contributed by atoms with Gasteiger partial charge in [0.15, 0.2) is 11.5 Å². The highest BCUT2D eigenvalue weighted by atomic mass is 16.5. The normalized spacial score (nSPS) is 10.9. The Labute approximate surface area is 183 Å². The minimum absolute atomic E-state index is 0.265. The van der Waals surface area contributed by atoms with E-state index in [4.69, 9.17) is 4.74 Å². The SMILES string of the molecule is COc1ccc(C(=O)Nc2cc(C)nn2-c2ncnc3c2cnn3-c2ccccc2)cc1. The van der Waals surface area contributed by atoms with Gasteiger partial charge in [-0.05, 0) is 43.3 Å². The Morgan fingerprint density at radius 1 is 1.00 bits per heavy atom. The average Bonchev–Trinajstić information content (AvgIpc) is 3.43. The molecule has 2 aromatic carbocycles. The standard InChI is InChI=1S/C23H19N7O2/c1-15-12-20(27-23(31)16-8-10-18(32-2)11-9-16)30(28-15)22-19-13-26-29(21(19)24-14-25-22)17-6-4-3-5-7-17/h3-14H,1-2H3,(H,27,31). The van der Waals surface area contributed by atoms with E-state index in [0.29, 0.717) is 34.0 Å². The van der Waals surface area contributed by atoms with Crippen molar-refractivity contribution < 1.29 is 9.53 Å². The number of carbonyl (C=O) groups is 1. The van der Waals surface area contributed by atoms with Crippen LogP contribution in [0, 0.1) is 6.92 Å². The second kappa shape index (κ2) is 7.95. The number of carbonyl (C=O) groups excluding carboxylic acids is 1. The number of hydrogen-bond acceptors (Lipinski definition) is 6. The predicted molar refractivity (Wildman–Crippen MR) is 119 cm³/mol. The van der Waals surface area contributed by atoms with E-state index in [1.807, 2.05) is 37.3 Å². The summed E-state index contributed by atoms with van der Waals surface area (Å²) in [7, 11) is 1.58. The summed E-state index contributed by atoms with van der Waals surface area (Å²) in [6, 6.07) is 18.4. The summed E-state index contributed by atoms with van der Waals surface area (Å²) < 4.78 is 8.49. The van der Waals surface area contributed by atoms with Gasteiger partial charge < -0.3 is 10.1 Å². The Bertz CT molecular complexity index is 1410. The quantitative estimate of drug-likeness (QED) is 0.462. The van der Waals surface area contributed by atoms with Crippen LogP contribution in [0.3, 0.4) is 0 Å². The molecule has 5 aromatic rings. The fourth-order valence-corrected chi connectivity index (χ4v) is 3.44. The Morgan fingerprint density at radius 2 is 1.78 bits per heavy atom. The van der Waals surface area contributed by atoms with Gasteiger partial charge in [0, 0.05) is 11.6 Å². The van der Waals surface area contributed by atoms with Crippen molar-refractivity contribution in [3.8, 4) is 17.3 Å². The lowest BCUT2D eigenvalue weighted by molar-refractivity contribution is 0.102. The van der Waals surface area contributed by atoms with Crippen LogP contribution < -0.4 is 10.1 Å². The van der Waals surface area contributed by atoms with E-state index in [0.717, 1.165) is 11.4 Å². The number of nitrogens with zero attached hydrogens (tertiary/aromatic N) is 6. The molecule has 0 unspecified atom stereocenters. The molecule has 0 aliphatic heterocycles. The molecule has 0 saturated heterocycles. The number of aromatic nitrogens is 6. The van der Waals surface area contributed by atoms with Crippen LogP contribution in [0.4, 0.5) is 5.82 Å². The van der Waals surface area contributed by atoms with Gasteiger partial charge >= 0.3 is 0 Å². The van der Waals surface area contributed by atoms with E-state index < -0.39 is 0 Å². The fourth-order valence-electron chi connectivity index (χ4n) is 3.44. The molecule has 9 heteroatoms. The zero-order chi connectivity index (χ0) is 22.1. The van der Waals surface area contributed by atoms with Gasteiger partial charge in [0.2, 0.25) is 0 Å². The van der Waals surface area contributed by atoms with Crippen molar-refractivity contribution in [1.82, 2.24) is 29.5 Å². The number of anilines is 1. The monoisotopic (exact) mass is 425 g/mol. The highest BCUT2D eigenvalue weighted by molar-refractivity contribution is 6.04. The molecular weight excluding hydrogens is 406 g/mol. The Balaban J connectivity index is 1.53. The van der Waals surface area contributed by atoms with Crippen molar-refractivity contribution in [2.45, 2.75) is 6.92 Å². The molecule has 0 atom stereocenters. The first-order chi connectivity index (χ1) is 15.6. The number of benzene rings is 2. The maximum Gasteiger partial charge on any atom is 0.256 e. The molecule has 0 aliphatic carbocycles. The topological polar surface area (TPSA) is 99.8 Å². The van der Waals surface area contributed by atoms with Gasteiger partial charge in [-0.2, -0.15) is 14.9 Å². The lowest BCUT2D eigenvalue weighted by Crippen LogP contribution is -2.15. The van der Waals surface area contributed by atoms with Crippen LogP contribution in [-0.2, 0) is 0 Å². The summed E-state index contributed by atoms with van der Waals surface area (Å²) in [5.74, 6) is 1.44. The van der Waals surface area contributed by atoms with Crippen molar-refractivity contribution in [1.29, 1.82) is 0 Å². The van der Waals surface area contributed by atoms with Crippen molar-refractivity contribution in [3.63, 3.8) is 0 Å². The second-order valence-electron chi connectivity index (χ2n) is 7.09. The van der Waals surface area contributed by atoms with Crippen molar-refractivity contribution in [2.75, 3.05) is 12.4 Å². The van der Waals surface area contributed by atoms with Crippen LogP contribution in [0.15, 0.2) is 73.2 Å². The molecule has 158 valence electrons. The van der Waals surface area contributed by atoms with Gasteiger partial charge in [-0.3, -0.25) is 4.79 Å². The molecule has 0 saturated carbocycles. The molecule has 0 fully saturated rings. The van der Waals surface area contributed by atoms with Crippen molar-refractivity contribution in [3.05, 3.63) is 84.4 Å². The molecule has 9 nitrogen and oxygen atoms in total. The minimum atomic E-state index is -0.265. The number of amides is 1. The first-order valence-corrected chi connectivity index (χ1v) is 9.90. The number of nitrogens with one attached hydrogen (secondary N) is 1. The van der Waals surface area contributed by atoms with Crippen LogP contribution in [0.25, 0.3) is 22.5 Å². The number of ether oxygens (including phenoxy) is 1. The molecule has 32 heavy (non-hydrogen) atoms. The molecule has 0 radical (unpaired) electrons. The number of rotatable bonds is 5. The number of para-hydroxylation sites is 1. The third-order valence-electron chi connectivity index (χ3n) is 4.97. The highest BCUT2D eigenvalue weighted by Crippen LogP contribution is 2.24. The third-order valence-corrected chi connectivity index (χ3v) is 4.97. The van der Waals surface area contributed by atoms with Crippen LogP contribution in [0.5, 0.6) is 5.75 Å². The lowest BCUT2D eigenvalue weighted by Gasteiger charge is -2.09. The molecule has 0 bridgehead atoms. The largest absolute Gasteiger partial charge is 0.497 e. The van der Waals surface area contributed by atoms with E-state index in [1.165, 1.54) is 6.33 Å². The molecule has 1 N–H and O–H groups in total. The van der Waals surface area contributed by atoms with E-state index in [9.17, 15) is 4.79 Å². The average molecular weight is 425 g/mol. The summed E-state index contributed by atoms with van der Waals surface area (Å²) in [4.78, 5) is 21.7. The summed E-state index contributed by atoms with van der Waals surface area (Å²) in [6.45, 7) is 1.85. The van der Waals surface area contributed by atoms with Gasteiger partial charge in [-0.25, -0.2) is 14.6 Å². The zero-order valence-corrected chi connectivity index (χ0v) is 17.4. The molecule has 5 rings (SSSR count). The number of aryl methyl sites for hydroxylation is 1. The smallest absolute Gasteiger partial charge is 0.256 e. The number of hydrogen-bond donors (Lipinski definition) is 1. The van der Waals surface area contributed by atoms with Gasteiger partial charge in [0.25, 0.3) is 5.91 Å². The molecule has 0 spiro atoms. The van der Waals surface area contributed by atoms with E-state index in [2.05, 4.69) is 25.5 Å². The number of fused-ring (bicyclic) bond motifs is 1. The van der Waals surface area contributed by atoms with Crippen LogP contribution in [0.2, 0.25) is 0 Å². The summed E-state index contributed by atoms with van der Waals surface area (Å²) >= 11 is 0. The molecule has 3 aromatic heterocycles. The van der Waals surface area contributed by atoms with Gasteiger partial charge in [-0.1, -0.05) is 18.2 Å². The summed E-state index contributed by atoms with van der Waals surface area (Å²) in [5.41, 5.74) is 2.76.